The Morgan fingerprint density at radius 2 is 1.16 bits per heavy atom. The summed E-state index contributed by atoms with van der Waals surface area (Å²) in [6.45, 7) is 4.10. The number of carbonyl (C=O) groups is 2. The third kappa shape index (κ3) is 12.0. The second kappa shape index (κ2) is 14.1. The molecule has 5 nitrogen and oxygen atoms in total. The predicted molar refractivity (Wildman–Crippen MR) is 99.7 cm³/mol. The summed E-state index contributed by atoms with van der Waals surface area (Å²) < 4.78 is 0. The third-order valence-electron chi connectivity index (χ3n) is 5.07. The SMILES string of the molecule is CCCCCCCCCCCCC(CC)C(O)(CC(=O)O)CC(=O)O. The Labute approximate surface area is 152 Å². The molecule has 0 saturated carbocycles. The van der Waals surface area contributed by atoms with E-state index in [4.69, 9.17) is 10.2 Å². The highest BCUT2D eigenvalue weighted by atomic mass is 16.4. The summed E-state index contributed by atoms with van der Waals surface area (Å²) in [7, 11) is 0. The summed E-state index contributed by atoms with van der Waals surface area (Å²) in [5.41, 5.74) is -1.65. The Morgan fingerprint density at radius 1 is 0.760 bits per heavy atom. The maximum atomic E-state index is 11.0. The summed E-state index contributed by atoms with van der Waals surface area (Å²) in [6.07, 6.45) is 12.4. The highest BCUT2D eigenvalue weighted by Crippen LogP contribution is 2.32. The van der Waals surface area contributed by atoms with Gasteiger partial charge in [0.1, 0.15) is 0 Å². The van der Waals surface area contributed by atoms with Gasteiger partial charge < -0.3 is 15.3 Å². The van der Waals surface area contributed by atoms with Gasteiger partial charge in [0, 0.05) is 0 Å². The molecule has 0 amide bonds. The largest absolute Gasteiger partial charge is 0.481 e. The number of hydrogen-bond donors (Lipinski definition) is 3. The van der Waals surface area contributed by atoms with Crippen LogP contribution in [0.1, 0.15) is 104 Å². The number of aliphatic hydroxyl groups is 1. The molecule has 0 aliphatic heterocycles. The van der Waals surface area contributed by atoms with Crippen molar-refractivity contribution in [3.05, 3.63) is 0 Å². The van der Waals surface area contributed by atoms with Gasteiger partial charge in [0.2, 0.25) is 0 Å². The van der Waals surface area contributed by atoms with Gasteiger partial charge in [-0.05, 0) is 12.3 Å². The Morgan fingerprint density at radius 3 is 1.52 bits per heavy atom. The van der Waals surface area contributed by atoms with Gasteiger partial charge in [-0.2, -0.15) is 0 Å². The predicted octanol–water partition coefficient (Wildman–Crippen LogP) is 5.00. The fourth-order valence-corrected chi connectivity index (χ4v) is 3.61. The minimum absolute atomic E-state index is 0.284. The van der Waals surface area contributed by atoms with Crippen LogP contribution >= 0.6 is 0 Å². The van der Waals surface area contributed by atoms with Crippen molar-refractivity contribution in [1.82, 2.24) is 0 Å². The molecule has 0 fully saturated rings. The van der Waals surface area contributed by atoms with Crippen LogP contribution in [-0.2, 0) is 9.59 Å². The molecule has 3 N–H and O–H groups in total. The Balaban J connectivity index is 4.08. The molecule has 0 aromatic carbocycles. The van der Waals surface area contributed by atoms with Crippen LogP contribution in [0.15, 0.2) is 0 Å². The monoisotopic (exact) mass is 358 g/mol. The lowest BCUT2D eigenvalue weighted by Gasteiger charge is -2.33. The van der Waals surface area contributed by atoms with E-state index in [0.717, 1.165) is 19.3 Å². The normalized spacial score (nSPS) is 12.9. The topological polar surface area (TPSA) is 94.8 Å². The Bertz CT molecular complexity index is 351. The molecule has 0 heterocycles. The van der Waals surface area contributed by atoms with Crippen LogP contribution < -0.4 is 0 Å². The van der Waals surface area contributed by atoms with E-state index in [9.17, 15) is 14.7 Å². The van der Waals surface area contributed by atoms with Crippen molar-refractivity contribution in [3.63, 3.8) is 0 Å². The van der Waals surface area contributed by atoms with E-state index in [1.54, 1.807) is 0 Å². The highest BCUT2D eigenvalue weighted by Gasteiger charge is 2.39. The van der Waals surface area contributed by atoms with Gasteiger partial charge in [-0.15, -0.1) is 0 Å². The van der Waals surface area contributed by atoms with E-state index in [-0.39, 0.29) is 5.92 Å². The van der Waals surface area contributed by atoms with E-state index in [1.807, 2.05) is 6.92 Å². The summed E-state index contributed by atoms with van der Waals surface area (Å²) in [4.78, 5) is 22.0. The van der Waals surface area contributed by atoms with Gasteiger partial charge in [0.15, 0.2) is 0 Å². The van der Waals surface area contributed by atoms with Gasteiger partial charge in [0.05, 0.1) is 18.4 Å². The molecule has 148 valence electrons. The molecule has 0 aliphatic carbocycles. The molecule has 1 atom stereocenters. The van der Waals surface area contributed by atoms with Gasteiger partial charge in [-0.25, -0.2) is 0 Å². The third-order valence-corrected chi connectivity index (χ3v) is 5.07. The summed E-state index contributed by atoms with van der Waals surface area (Å²) >= 11 is 0. The molecule has 1 unspecified atom stereocenters. The van der Waals surface area contributed by atoms with Crippen LogP contribution in [-0.4, -0.2) is 32.9 Å². The van der Waals surface area contributed by atoms with E-state index in [1.165, 1.54) is 44.9 Å². The van der Waals surface area contributed by atoms with Gasteiger partial charge in [-0.1, -0.05) is 84.5 Å². The summed E-state index contributed by atoms with van der Waals surface area (Å²) in [5.74, 6) is -2.58. The number of carboxylic acids is 2. The maximum absolute atomic E-state index is 11.0. The molecule has 0 aromatic heterocycles. The first-order valence-electron chi connectivity index (χ1n) is 10.0. The van der Waals surface area contributed by atoms with Crippen molar-refractivity contribution >= 4 is 11.9 Å². The van der Waals surface area contributed by atoms with Gasteiger partial charge >= 0.3 is 11.9 Å². The number of unbranched alkanes of at least 4 members (excludes halogenated alkanes) is 9. The molecule has 25 heavy (non-hydrogen) atoms. The minimum Gasteiger partial charge on any atom is -0.481 e. The van der Waals surface area contributed by atoms with Crippen LogP contribution in [0.5, 0.6) is 0 Å². The Hall–Kier alpha value is -1.10. The molecular weight excluding hydrogens is 320 g/mol. The van der Waals surface area contributed by atoms with E-state index < -0.39 is 30.4 Å². The van der Waals surface area contributed by atoms with E-state index >= 15 is 0 Å². The van der Waals surface area contributed by atoms with Crippen molar-refractivity contribution in [1.29, 1.82) is 0 Å². The molecule has 0 bridgehead atoms. The molecule has 0 spiro atoms. The van der Waals surface area contributed by atoms with Crippen LogP contribution in [0, 0.1) is 5.92 Å². The molecular formula is C20H38O5. The van der Waals surface area contributed by atoms with E-state index in [0.29, 0.717) is 12.8 Å². The second-order valence-corrected chi connectivity index (χ2v) is 7.32. The summed E-state index contributed by atoms with van der Waals surface area (Å²) in [5, 5.41) is 28.6. The Kier molecular flexibility index (Phi) is 13.5. The lowest BCUT2D eigenvalue weighted by molar-refractivity contribution is -0.153. The lowest BCUT2D eigenvalue weighted by Crippen LogP contribution is -2.42. The number of rotatable bonds is 17. The van der Waals surface area contributed by atoms with Crippen molar-refractivity contribution < 1.29 is 24.9 Å². The number of aliphatic carboxylic acids is 2. The average molecular weight is 359 g/mol. The first-order valence-corrected chi connectivity index (χ1v) is 10.0. The summed E-state index contributed by atoms with van der Waals surface area (Å²) in [6, 6.07) is 0. The molecule has 0 radical (unpaired) electrons. The average Bonchev–Trinajstić information content (AvgIpc) is 2.50. The van der Waals surface area contributed by atoms with Crippen LogP contribution in [0.25, 0.3) is 0 Å². The van der Waals surface area contributed by atoms with E-state index in [2.05, 4.69) is 6.92 Å². The molecule has 0 saturated heterocycles. The lowest BCUT2D eigenvalue weighted by atomic mass is 9.77. The number of hydrogen-bond acceptors (Lipinski definition) is 3. The fraction of sp³-hybridized carbons (Fsp3) is 0.900. The van der Waals surface area contributed by atoms with Crippen LogP contribution in [0.3, 0.4) is 0 Å². The molecule has 0 rings (SSSR count). The molecule has 5 heteroatoms. The smallest absolute Gasteiger partial charge is 0.306 e. The standard InChI is InChI=1S/C20H38O5/c1-3-5-6-7-8-9-10-11-12-13-14-17(4-2)20(25,15-18(21)22)16-19(23)24/h17,25H,3-16H2,1-2H3,(H,21,22)(H,23,24). The first-order chi connectivity index (χ1) is 11.9. The van der Waals surface area contributed by atoms with Crippen molar-refractivity contribution in [2.75, 3.05) is 0 Å². The number of carboxylic acid groups (broad SMARTS) is 2. The fourth-order valence-electron chi connectivity index (χ4n) is 3.61. The quantitative estimate of drug-likeness (QED) is 0.318. The highest BCUT2D eigenvalue weighted by molar-refractivity contribution is 5.72. The van der Waals surface area contributed by atoms with Gasteiger partial charge in [0.25, 0.3) is 0 Å². The zero-order chi connectivity index (χ0) is 19.1. The van der Waals surface area contributed by atoms with Gasteiger partial charge in [-0.3, -0.25) is 9.59 Å². The van der Waals surface area contributed by atoms with Crippen LogP contribution in [0.2, 0.25) is 0 Å². The van der Waals surface area contributed by atoms with Crippen molar-refractivity contribution in [2.45, 2.75) is 109 Å². The zero-order valence-corrected chi connectivity index (χ0v) is 16.1. The van der Waals surface area contributed by atoms with Crippen LogP contribution in [0.4, 0.5) is 0 Å². The van der Waals surface area contributed by atoms with Crippen molar-refractivity contribution in [2.24, 2.45) is 5.92 Å². The maximum Gasteiger partial charge on any atom is 0.306 e. The minimum atomic E-state index is -1.65. The first kappa shape index (κ1) is 23.9. The molecule has 0 aliphatic rings. The molecule has 0 aromatic rings. The van der Waals surface area contributed by atoms with Crippen molar-refractivity contribution in [3.8, 4) is 0 Å². The zero-order valence-electron chi connectivity index (χ0n) is 16.1. The second-order valence-electron chi connectivity index (χ2n) is 7.32.